The Bertz CT molecular complexity index is 565. The molecule has 0 aliphatic carbocycles. The normalized spacial score (nSPS) is 13.4. The second-order valence-electron chi connectivity index (χ2n) is 5.43. The van der Waals surface area contributed by atoms with Crippen LogP contribution in [-0.2, 0) is 17.6 Å². The molecule has 0 bridgehead atoms. The average Bonchev–Trinajstić information content (AvgIpc) is 2.54. The van der Waals surface area contributed by atoms with E-state index in [-0.39, 0.29) is 0 Å². The number of hydrogen-bond donors (Lipinski definition) is 1. The van der Waals surface area contributed by atoms with Crippen molar-refractivity contribution in [2.75, 3.05) is 7.11 Å². The van der Waals surface area contributed by atoms with Crippen molar-refractivity contribution in [3.63, 3.8) is 0 Å². The van der Waals surface area contributed by atoms with Crippen molar-refractivity contribution in [2.45, 2.75) is 24.8 Å². The minimum atomic E-state index is -0.550. The van der Waals surface area contributed by atoms with Gasteiger partial charge in [0.05, 0.1) is 12.6 Å². The first-order valence-corrected chi connectivity index (χ1v) is 7.24. The number of benzene rings is 2. The number of hydrogen-bond acceptors (Lipinski definition) is 2. The average molecular weight is 281 g/mol. The van der Waals surface area contributed by atoms with Gasteiger partial charge in [-0.1, -0.05) is 67.2 Å². The quantitative estimate of drug-likeness (QED) is 0.785. The van der Waals surface area contributed by atoms with Crippen molar-refractivity contribution in [3.8, 4) is 0 Å². The highest BCUT2D eigenvalue weighted by Gasteiger charge is 2.29. The van der Waals surface area contributed by atoms with E-state index in [0.717, 1.165) is 19.3 Å². The summed E-state index contributed by atoms with van der Waals surface area (Å²) in [6.07, 6.45) is 2.44. The molecule has 110 valence electrons. The van der Waals surface area contributed by atoms with Crippen LogP contribution in [0.25, 0.3) is 0 Å². The number of methoxy groups -OCH3 is 1. The predicted octanol–water partition coefficient (Wildman–Crippen LogP) is 3.72. The van der Waals surface area contributed by atoms with E-state index in [2.05, 4.69) is 43.0 Å². The molecule has 2 aromatic rings. The van der Waals surface area contributed by atoms with Crippen molar-refractivity contribution < 1.29 is 4.74 Å². The molecule has 0 aliphatic rings. The third-order valence-electron chi connectivity index (χ3n) is 3.87. The lowest BCUT2D eigenvalue weighted by Crippen LogP contribution is -2.45. The molecule has 2 nitrogen and oxygen atoms in total. The van der Waals surface area contributed by atoms with E-state index in [1.807, 2.05) is 24.3 Å². The maximum absolute atomic E-state index is 6.61. The van der Waals surface area contributed by atoms with Gasteiger partial charge in [0.25, 0.3) is 0 Å². The molecule has 0 saturated heterocycles. The third-order valence-corrected chi connectivity index (χ3v) is 3.87. The van der Waals surface area contributed by atoms with Crippen LogP contribution >= 0.6 is 0 Å². The zero-order valence-corrected chi connectivity index (χ0v) is 12.6. The van der Waals surface area contributed by atoms with Crippen LogP contribution < -0.4 is 5.73 Å². The molecule has 0 amide bonds. The summed E-state index contributed by atoms with van der Waals surface area (Å²) in [5, 5.41) is 0. The fraction of sp³-hybridized carbons (Fsp3) is 0.263. The molecule has 0 spiro atoms. The van der Waals surface area contributed by atoms with Gasteiger partial charge in [0.2, 0.25) is 0 Å². The summed E-state index contributed by atoms with van der Waals surface area (Å²) in [5.41, 5.74) is 8.54. The standard InChI is InChI=1S/C19H23NO/c1-16(21-2)19(20,15-18-11-7-4-8-12-18)14-13-17-9-5-3-6-10-17/h3-12H,1,13-15,20H2,2H3. The summed E-state index contributed by atoms with van der Waals surface area (Å²) in [5.74, 6) is 0.641. The van der Waals surface area contributed by atoms with Gasteiger partial charge in [0.1, 0.15) is 5.76 Å². The minimum absolute atomic E-state index is 0.550. The lowest BCUT2D eigenvalue weighted by Gasteiger charge is -2.31. The Hall–Kier alpha value is -2.06. The van der Waals surface area contributed by atoms with E-state index in [4.69, 9.17) is 10.5 Å². The summed E-state index contributed by atoms with van der Waals surface area (Å²) in [6, 6.07) is 20.6. The van der Waals surface area contributed by atoms with Gasteiger partial charge in [-0.2, -0.15) is 0 Å². The summed E-state index contributed by atoms with van der Waals surface area (Å²) in [4.78, 5) is 0. The zero-order chi connectivity index (χ0) is 15.1. The number of rotatable bonds is 7. The topological polar surface area (TPSA) is 35.2 Å². The predicted molar refractivity (Wildman–Crippen MR) is 88.0 cm³/mol. The van der Waals surface area contributed by atoms with E-state index < -0.39 is 5.54 Å². The summed E-state index contributed by atoms with van der Waals surface area (Å²) in [6.45, 7) is 4.01. The van der Waals surface area contributed by atoms with Crippen LogP contribution in [0.4, 0.5) is 0 Å². The van der Waals surface area contributed by atoms with Crippen LogP contribution in [0.3, 0.4) is 0 Å². The van der Waals surface area contributed by atoms with Crippen LogP contribution in [0.5, 0.6) is 0 Å². The minimum Gasteiger partial charge on any atom is -0.500 e. The van der Waals surface area contributed by atoms with Crippen molar-refractivity contribution >= 4 is 0 Å². The Morgan fingerprint density at radius 1 is 1.00 bits per heavy atom. The molecule has 0 aliphatic heterocycles. The second kappa shape index (κ2) is 7.09. The highest BCUT2D eigenvalue weighted by Crippen LogP contribution is 2.25. The molecular weight excluding hydrogens is 258 g/mol. The third kappa shape index (κ3) is 4.20. The SMILES string of the molecule is C=C(OC)C(N)(CCc1ccccc1)Cc1ccccc1. The first kappa shape index (κ1) is 15.3. The smallest absolute Gasteiger partial charge is 0.109 e. The molecular formula is C19H23NO. The molecule has 21 heavy (non-hydrogen) atoms. The molecule has 2 rings (SSSR count). The Kier molecular flexibility index (Phi) is 5.18. The molecule has 1 unspecified atom stereocenters. The maximum Gasteiger partial charge on any atom is 0.109 e. The van der Waals surface area contributed by atoms with Crippen molar-refractivity contribution in [1.29, 1.82) is 0 Å². The van der Waals surface area contributed by atoms with Crippen molar-refractivity contribution in [3.05, 3.63) is 84.1 Å². The molecule has 2 heteroatoms. The van der Waals surface area contributed by atoms with Crippen LogP contribution in [0.2, 0.25) is 0 Å². The first-order chi connectivity index (χ1) is 10.1. The molecule has 0 aromatic heterocycles. The lowest BCUT2D eigenvalue weighted by molar-refractivity contribution is 0.214. The Balaban J connectivity index is 2.11. The molecule has 0 saturated carbocycles. The van der Waals surface area contributed by atoms with Gasteiger partial charge in [-0.05, 0) is 30.4 Å². The summed E-state index contributed by atoms with van der Waals surface area (Å²) in [7, 11) is 1.64. The van der Waals surface area contributed by atoms with Gasteiger partial charge in [0, 0.05) is 0 Å². The van der Waals surface area contributed by atoms with E-state index in [1.165, 1.54) is 11.1 Å². The van der Waals surface area contributed by atoms with Gasteiger partial charge in [-0.3, -0.25) is 0 Å². The van der Waals surface area contributed by atoms with E-state index in [9.17, 15) is 0 Å². The molecule has 0 radical (unpaired) electrons. The van der Waals surface area contributed by atoms with Crippen molar-refractivity contribution in [2.24, 2.45) is 5.73 Å². The van der Waals surface area contributed by atoms with Gasteiger partial charge < -0.3 is 10.5 Å². The van der Waals surface area contributed by atoms with Gasteiger partial charge >= 0.3 is 0 Å². The van der Waals surface area contributed by atoms with Gasteiger partial charge in [-0.25, -0.2) is 0 Å². The van der Waals surface area contributed by atoms with Crippen LogP contribution in [0, 0.1) is 0 Å². The molecule has 0 heterocycles. The Morgan fingerprint density at radius 2 is 1.52 bits per heavy atom. The van der Waals surface area contributed by atoms with Crippen LogP contribution in [0.1, 0.15) is 17.5 Å². The largest absolute Gasteiger partial charge is 0.500 e. The fourth-order valence-corrected chi connectivity index (χ4v) is 2.50. The van der Waals surface area contributed by atoms with Crippen LogP contribution in [0.15, 0.2) is 73.0 Å². The monoisotopic (exact) mass is 281 g/mol. The van der Waals surface area contributed by atoms with Gasteiger partial charge in [-0.15, -0.1) is 0 Å². The molecule has 2 N–H and O–H groups in total. The Morgan fingerprint density at radius 3 is 2.05 bits per heavy atom. The summed E-state index contributed by atoms with van der Waals surface area (Å²) < 4.78 is 5.36. The molecule has 1 atom stereocenters. The zero-order valence-electron chi connectivity index (χ0n) is 12.6. The molecule has 0 fully saturated rings. The Labute approximate surface area is 127 Å². The van der Waals surface area contributed by atoms with E-state index in [0.29, 0.717) is 5.76 Å². The van der Waals surface area contributed by atoms with Gasteiger partial charge in [0.15, 0.2) is 0 Å². The van der Waals surface area contributed by atoms with E-state index in [1.54, 1.807) is 7.11 Å². The molecule has 2 aromatic carbocycles. The fourth-order valence-electron chi connectivity index (χ4n) is 2.50. The number of nitrogens with two attached hydrogens (primary N) is 1. The van der Waals surface area contributed by atoms with E-state index >= 15 is 0 Å². The maximum atomic E-state index is 6.61. The number of ether oxygens (including phenoxy) is 1. The van der Waals surface area contributed by atoms with Crippen LogP contribution in [-0.4, -0.2) is 12.6 Å². The second-order valence-corrected chi connectivity index (χ2v) is 5.43. The number of aryl methyl sites for hydroxylation is 1. The highest BCUT2D eigenvalue weighted by atomic mass is 16.5. The highest BCUT2D eigenvalue weighted by molar-refractivity contribution is 5.24. The first-order valence-electron chi connectivity index (χ1n) is 7.24. The summed E-state index contributed by atoms with van der Waals surface area (Å²) >= 11 is 0. The van der Waals surface area contributed by atoms with Crippen molar-refractivity contribution in [1.82, 2.24) is 0 Å². The lowest BCUT2D eigenvalue weighted by atomic mass is 9.84.